The SMILES string of the molecule is CC(C)SCC(=O)c1sccc1Cl. The average Bonchev–Trinajstić information content (AvgIpc) is 2.47. The molecule has 1 nitrogen and oxygen atoms in total. The van der Waals surface area contributed by atoms with Gasteiger partial charge in [0.15, 0.2) is 5.78 Å². The molecule has 1 rings (SSSR count). The second-order valence-electron chi connectivity index (χ2n) is 2.88. The molecule has 0 atom stereocenters. The fourth-order valence-corrected chi connectivity index (χ4v) is 2.62. The Bertz CT molecular complexity index is 294. The Morgan fingerprint density at radius 3 is 2.85 bits per heavy atom. The van der Waals surface area contributed by atoms with E-state index in [9.17, 15) is 4.79 Å². The normalized spacial score (nSPS) is 10.8. The molecule has 1 aromatic rings. The molecule has 0 fully saturated rings. The van der Waals surface area contributed by atoms with Crippen molar-refractivity contribution >= 4 is 40.5 Å². The van der Waals surface area contributed by atoms with Crippen molar-refractivity contribution in [2.45, 2.75) is 19.1 Å². The zero-order valence-corrected chi connectivity index (χ0v) is 9.93. The van der Waals surface area contributed by atoms with Crippen molar-refractivity contribution in [1.29, 1.82) is 0 Å². The van der Waals surface area contributed by atoms with Crippen LogP contribution in [-0.2, 0) is 0 Å². The smallest absolute Gasteiger partial charge is 0.184 e. The van der Waals surface area contributed by atoms with E-state index in [1.54, 1.807) is 17.8 Å². The highest BCUT2D eigenvalue weighted by molar-refractivity contribution is 8.00. The summed E-state index contributed by atoms with van der Waals surface area (Å²) in [6, 6.07) is 1.76. The predicted octanol–water partition coefficient (Wildman–Crippen LogP) is 3.73. The Morgan fingerprint density at radius 1 is 1.69 bits per heavy atom. The van der Waals surface area contributed by atoms with Gasteiger partial charge in [0.1, 0.15) is 0 Å². The Balaban J connectivity index is 2.54. The third kappa shape index (κ3) is 3.33. The predicted molar refractivity (Wildman–Crippen MR) is 61.3 cm³/mol. The minimum Gasteiger partial charge on any atom is -0.292 e. The van der Waals surface area contributed by atoms with E-state index < -0.39 is 0 Å². The summed E-state index contributed by atoms with van der Waals surface area (Å²) in [4.78, 5) is 12.2. The standard InChI is InChI=1S/C9H11ClOS2/c1-6(2)13-5-8(11)9-7(10)3-4-12-9/h3-4,6H,5H2,1-2H3. The molecule has 0 unspecified atom stereocenters. The Hall–Kier alpha value is 0.01000. The molecule has 0 spiro atoms. The molecular weight excluding hydrogens is 224 g/mol. The van der Waals surface area contributed by atoms with Crippen LogP contribution in [0.15, 0.2) is 11.4 Å². The summed E-state index contributed by atoms with van der Waals surface area (Å²) >= 11 is 8.89. The second-order valence-corrected chi connectivity index (χ2v) is 5.77. The van der Waals surface area contributed by atoms with E-state index in [1.165, 1.54) is 11.3 Å². The van der Waals surface area contributed by atoms with Crippen molar-refractivity contribution in [2.75, 3.05) is 5.75 Å². The molecule has 1 aromatic heterocycles. The Morgan fingerprint density at radius 2 is 2.38 bits per heavy atom. The van der Waals surface area contributed by atoms with Crippen LogP contribution in [0.1, 0.15) is 23.5 Å². The van der Waals surface area contributed by atoms with Gasteiger partial charge >= 0.3 is 0 Å². The molecule has 0 aliphatic heterocycles. The molecular formula is C9H11ClOS2. The van der Waals surface area contributed by atoms with E-state index in [2.05, 4.69) is 13.8 Å². The number of carbonyl (C=O) groups is 1. The van der Waals surface area contributed by atoms with Crippen LogP contribution in [0.25, 0.3) is 0 Å². The fraction of sp³-hybridized carbons (Fsp3) is 0.444. The molecule has 0 saturated carbocycles. The summed E-state index contributed by atoms with van der Waals surface area (Å²) in [5, 5.41) is 2.91. The third-order valence-electron chi connectivity index (χ3n) is 1.42. The molecule has 0 radical (unpaired) electrons. The van der Waals surface area contributed by atoms with E-state index in [0.717, 1.165) is 0 Å². The van der Waals surface area contributed by atoms with Crippen molar-refractivity contribution in [3.05, 3.63) is 21.3 Å². The number of hydrogen-bond acceptors (Lipinski definition) is 3. The van der Waals surface area contributed by atoms with Crippen LogP contribution >= 0.6 is 34.7 Å². The van der Waals surface area contributed by atoms with Crippen molar-refractivity contribution < 1.29 is 4.79 Å². The molecule has 0 aromatic carbocycles. The van der Waals surface area contributed by atoms with Crippen molar-refractivity contribution in [3.8, 4) is 0 Å². The van der Waals surface area contributed by atoms with E-state index in [4.69, 9.17) is 11.6 Å². The van der Waals surface area contributed by atoms with Crippen LogP contribution in [0.2, 0.25) is 5.02 Å². The number of Topliss-reactive ketones (excluding diaryl/α,β-unsaturated/α-hetero) is 1. The van der Waals surface area contributed by atoms with Crippen LogP contribution in [0, 0.1) is 0 Å². The molecule has 0 aliphatic carbocycles. The molecule has 0 amide bonds. The van der Waals surface area contributed by atoms with Gasteiger partial charge in [0.25, 0.3) is 0 Å². The van der Waals surface area contributed by atoms with Crippen LogP contribution in [0.3, 0.4) is 0 Å². The van der Waals surface area contributed by atoms with Crippen molar-refractivity contribution in [3.63, 3.8) is 0 Å². The number of thioether (sulfide) groups is 1. The Kier molecular flexibility index (Phi) is 4.29. The van der Waals surface area contributed by atoms with E-state index in [0.29, 0.717) is 20.9 Å². The number of hydrogen-bond donors (Lipinski definition) is 0. The lowest BCUT2D eigenvalue weighted by Crippen LogP contribution is -2.03. The first-order valence-electron chi connectivity index (χ1n) is 3.99. The average molecular weight is 235 g/mol. The number of carbonyl (C=O) groups excluding carboxylic acids is 1. The lowest BCUT2D eigenvalue weighted by atomic mass is 10.3. The maximum absolute atomic E-state index is 11.5. The van der Waals surface area contributed by atoms with Crippen LogP contribution in [-0.4, -0.2) is 16.8 Å². The maximum atomic E-state index is 11.5. The number of thiophene rings is 1. The van der Waals surface area contributed by atoms with Gasteiger partial charge in [-0.3, -0.25) is 4.79 Å². The molecule has 0 N–H and O–H groups in total. The van der Waals surface area contributed by atoms with Gasteiger partial charge in [-0.15, -0.1) is 11.3 Å². The van der Waals surface area contributed by atoms with Gasteiger partial charge in [-0.2, -0.15) is 11.8 Å². The quantitative estimate of drug-likeness (QED) is 0.739. The summed E-state index contributed by atoms with van der Waals surface area (Å²) in [6.45, 7) is 4.15. The zero-order valence-electron chi connectivity index (χ0n) is 7.54. The van der Waals surface area contributed by atoms with E-state index in [1.807, 2.05) is 5.38 Å². The summed E-state index contributed by atoms with van der Waals surface area (Å²) in [6.07, 6.45) is 0. The van der Waals surface area contributed by atoms with Crippen molar-refractivity contribution in [2.24, 2.45) is 0 Å². The largest absolute Gasteiger partial charge is 0.292 e. The van der Waals surface area contributed by atoms with Gasteiger partial charge in [0.2, 0.25) is 0 Å². The van der Waals surface area contributed by atoms with Gasteiger partial charge in [-0.25, -0.2) is 0 Å². The highest BCUT2D eigenvalue weighted by Crippen LogP contribution is 2.24. The van der Waals surface area contributed by atoms with Gasteiger partial charge < -0.3 is 0 Å². The fourth-order valence-electron chi connectivity index (χ4n) is 0.801. The first kappa shape index (κ1) is 11.1. The lowest BCUT2D eigenvalue weighted by molar-refractivity contribution is 0.102. The molecule has 0 bridgehead atoms. The molecule has 4 heteroatoms. The van der Waals surface area contributed by atoms with Gasteiger partial charge in [0.05, 0.1) is 15.7 Å². The number of ketones is 1. The molecule has 0 aliphatic rings. The maximum Gasteiger partial charge on any atom is 0.184 e. The highest BCUT2D eigenvalue weighted by atomic mass is 35.5. The van der Waals surface area contributed by atoms with E-state index in [-0.39, 0.29) is 5.78 Å². The van der Waals surface area contributed by atoms with E-state index >= 15 is 0 Å². The molecule has 13 heavy (non-hydrogen) atoms. The monoisotopic (exact) mass is 234 g/mol. The topological polar surface area (TPSA) is 17.1 Å². The van der Waals surface area contributed by atoms with Gasteiger partial charge in [0, 0.05) is 0 Å². The highest BCUT2D eigenvalue weighted by Gasteiger charge is 2.12. The summed E-state index contributed by atoms with van der Waals surface area (Å²) in [5.41, 5.74) is 0. The first-order chi connectivity index (χ1) is 6.11. The Labute approximate surface area is 91.5 Å². The lowest BCUT2D eigenvalue weighted by Gasteiger charge is -2.02. The van der Waals surface area contributed by atoms with Crippen molar-refractivity contribution in [1.82, 2.24) is 0 Å². The minimum absolute atomic E-state index is 0.138. The summed E-state index contributed by atoms with van der Waals surface area (Å²) in [7, 11) is 0. The van der Waals surface area contributed by atoms with Crippen LogP contribution < -0.4 is 0 Å². The summed E-state index contributed by atoms with van der Waals surface area (Å²) < 4.78 is 0. The van der Waals surface area contributed by atoms with Crippen LogP contribution in [0.4, 0.5) is 0 Å². The second kappa shape index (κ2) is 5.03. The van der Waals surface area contributed by atoms with Gasteiger partial charge in [-0.05, 0) is 16.7 Å². The third-order valence-corrected chi connectivity index (χ3v) is 3.90. The van der Waals surface area contributed by atoms with Gasteiger partial charge in [-0.1, -0.05) is 25.4 Å². The zero-order chi connectivity index (χ0) is 9.84. The first-order valence-corrected chi connectivity index (χ1v) is 6.29. The molecule has 1 heterocycles. The minimum atomic E-state index is 0.138. The van der Waals surface area contributed by atoms with Crippen LogP contribution in [0.5, 0.6) is 0 Å². The molecule has 72 valence electrons. The number of rotatable bonds is 4. The number of halogens is 1. The molecule has 0 saturated heterocycles. The summed E-state index contributed by atoms with van der Waals surface area (Å²) in [5.74, 6) is 0.663.